The Labute approximate surface area is 81.8 Å². The van der Waals surface area contributed by atoms with E-state index >= 15 is 0 Å². The number of hydrogen-bond acceptors (Lipinski definition) is 1. The van der Waals surface area contributed by atoms with E-state index in [0.717, 1.165) is 17.9 Å². The fourth-order valence-corrected chi connectivity index (χ4v) is 3.12. The molecule has 0 heterocycles. The minimum absolute atomic E-state index is 0.854. The molecule has 1 nitrogen and oxygen atoms in total. The highest BCUT2D eigenvalue weighted by molar-refractivity contribution is 5.02. The number of rotatable bonds is 2. The fourth-order valence-electron chi connectivity index (χ4n) is 3.12. The van der Waals surface area contributed by atoms with E-state index in [1.807, 2.05) is 0 Å². The summed E-state index contributed by atoms with van der Waals surface area (Å²) in [6.07, 6.45) is 11.9. The molecule has 3 atom stereocenters. The van der Waals surface area contributed by atoms with E-state index in [1.54, 1.807) is 0 Å². The van der Waals surface area contributed by atoms with Gasteiger partial charge in [0.15, 0.2) is 0 Å². The van der Waals surface area contributed by atoms with Crippen LogP contribution in [0.1, 0.15) is 32.1 Å². The van der Waals surface area contributed by atoms with Crippen molar-refractivity contribution in [3.63, 3.8) is 0 Å². The van der Waals surface area contributed by atoms with Gasteiger partial charge in [-0.1, -0.05) is 18.6 Å². The Morgan fingerprint density at radius 3 is 2.62 bits per heavy atom. The van der Waals surface area contributed by atoms with E-state index in [9.17, 15) is 0 Å². The first-order chi connectivity index (χ1) is 6.29. The second kappa shape index (κ2) is 3.83. The zero-order chi connectivity index (χ0) is 9.26. The van der Waals surface area contributed by atoms with Gasteiger partial charge in [0.2, 0.25) is 0 Å². The summed E-state index contributed by atoms with van der Waals surface area (Å²) in [6, 6.07) is 0.854. The van der Waals surface area contributed by atoms with Gasteiger partial charge in [0.25, 0.3) is 0 Å². The Morgan fingerprint density at radius 1 is 1.15 bits per heavy atom. The highest BCUT2D eigenvalue weighted by Crippen LogP contribution is 2.38. The predicted octanol–water partition coefficient (Wildman–Crippen LogP) is 2.68. The second-order valence-electron chi connectivity index (χ2n) is 4.80. The van der Waals surface area contributed by atoms with Crippen LogP contribution in [-0.4, -0.2) is 25.0 Å². The molecule has 74 valence electrons. The first-order valence-corrected chi connectivity index (χ1v) is 5.62. The van der Waals surface area contributed by atoms with Crippen LogP contribution in [0.15, 0.2) is 12.2 Å². The fraction of sp³-hybridized carbons (Fsp3) is 0.833. The second-order valence-corrected chi connectivity index (χ2v) is 4.80. The van der Waals surface area contributed by atoms with Crippen molar-refractivity contribution in [1.29, 1.82) is 0 Å². The van der Waals surface area contributed by atoms with Crippen molar-refractivity contribution in [2.45, 2.75) is 38.1 Å². The van der Waals surface area contributed by atoms with Crippen molar-refractivity contribution in [3.8, 4) is 0 Å². The molecular weight excluding hydrogens is 158 g/mol. The topological polar surface area (TPSA) is 3.24 Å². The van der Waals surface area contributed by atoms with E-state index in [-0.39, 0.29) is 0 Å². The lowest BCUT2D eigenvalue weighted by atomic mass is 9.87. The summed E-state index contributed by atoms with van der Waals surface area (Å²) in [5.74, 6) is 1.85. The summed E-state index contributed by atoms with van der Waals surface area (Å²) in [5, 5.41) is 0. The molecule has 3 unspecified atom stereocenters. The van der Waals surface area contributed by atoms with Crippen molar-refractivity contribution in [2.75, 3.05) is 14.1 Å². The van der Waals surface area contributed by atoms with Crippen LogP contribution >= 0.6 is 0 Å². The summed E-state index contributed by atoms with van der Waals surface area (Å²) in [7, 11) is 4.48. The van der Waals surface area contributed by atoms with Crippen molar-refractivity contribution in [1.82, 2.24) is 4.90 Å². The van der Waals surface area contributed by atoms with Gasteiger partial charge in [-0.25, -0.2) is 0 Å². The molecule has 2 aliphatic rings. The van der Waals surface area contributed by atoms with Gasteiger partial charge in [-0.05, 0) is 51.6 Å². The number of hydrogen-bond donors (Lipinski definition) is 0. The SMILES string of the molecule is CN(C)C1CCCC1C1C=CCC1. The smallest absolute Gasteiger partial charge is 0.0123 e. The molecule has 1 heteroatoms. The predicted molar refractivity (Wildman–Crippen MR) is 56.7 cm³/mol. The molecule has 0 aromatic carbocycles. The molecule has 0 aromatic heterocycles. The lowest BCUT2D eigenvalue weighted by Crippen LogP contribution is -2.34. The largest absolute Gasteiger partial charge is 0.306 e. The van der Waals surface area contributed by atoms with Crippen LogP contribution in [0.5, 0.6) is 0 Å². The average molecular weight is 179 g/mol. The van der Waals surface area contributed by atoms with Crippen molar-refractivity contribution >= 4 is 0 Å². The van der Waals surface area contributed by atoms with E-state index in [2.05, 4.69) is 31.1 Å². The summed E-state index contributed by atoms with van der Waals surface area (Å²) in [4.78, 5) is 2.43. The monoisotopic (exact) mass is 179 g/mol. The van der Waals surface area contributed by atoms with Crippen molar-refractivity contribution < 1.29 is 0 Å². The first-order valence-electron chi connectivity index (χ1n) is 5.62. The van der Waals surface area contributed by atoms with Gasteiger partial charge < -0.3 is 4.90 Å². The van der Waals surface area contributed by atoms with E-state index in [4.69, 9.17) is 0 Å². The highest BCUT2D eigenvalue weighted by Gasteiger charge is 2.34. The van der Waals surface area contributed by atoms with Crippen molar-refractivity contribution in [2.24, 2.45) is 11.8 Å². The molecule has 2 rings (SSSR count). The molecular formula is C12H21N. The normalized spacial score (nSPS) is 39.2. The summed E-state index contributed by atoms with van der Waals surface area (Å²) in [6.45, 7) is 0. The standard InChI is InChI=1S/C12H21N/c1-13(2)12-9-5-8-11(12)10-6-3-4-7-10/h3,6,10-12H,4-5,7-9H2,1-2H3. The number of allylic oxidation sites excluding steroid dienone is 2. The van der Waals surface area contributed by atoms with Gasteiger partial charge in [0.1, 0.15) is 0 Å². The highest BCUT2D eigenvalue weighted by atomic mass is 15.1. The lowest BCUT2D eigenvalue weighted by molar-refractivity contribution is 0.202. The molecule has 0 radical (unpaired) electrons. The lowest BCUT2D eigenvalue weighted by Gasteiger charge is -2.29. The van der Waals surface area contributed by atoms with Crippen LogP contribution in [0.25, 0.3) is 0 Å². The van der Waals surface area contributed by atoms with Crippen LogP contribution in [-0.2, 0) is 0 Å². The minimum atomic E-state index is 0.854. The van der Waals surface area contributed by atoms with Gasteiger partial charge in [-0.3, -0.25) is 0 Å². The van der Waals surface area contributed by atoms with Crippen LogP contribution in [0, 0.1) is 11.8 Å². The molecule has 0 aliphatic heterocycles. The third-order valence-corrected chi connectivity index (χ3v) is 3.79. The van der Waals surface area contributed by atoms with E-state index in [1.165, 1.54) is 32.1 Å². The molecule has 0 aromatic rings. The molecule has 0 amide bonds. The molecule has 0 spiro atoms. The van der Waals surface area contributed by atoms with Gasteiger partial charge >= 0.3 is 0 Å². The Bertz CT molecular complexity index is 195. The molecule has 2 aliphatic carbocycles. The third kappa shape index (κ3) is 1.80. The minimum Gasteiger partial charge on any atom is -0.306 e. The Kier molecular flexibility index (Phi) is 2.73. The quantitative estimate of drug-likeness (QED) is 0.589. The zero-order valence-electron chi connectivity index (χ0n) is 8.87. The molecule has 0 N–H and O–H groups in total. The van der Waals surface area contributed by atoms with Gasteiger partial charge in [-0.2, -0.15) is 0 Å². The molecule has 0 saturated heterocycles. The van der Waals surface area contributed by atoms with E-state index < -0.39 is 0 Å². The Morgan fingerprint density at radius 2 is 2.00 bits per heavy atom. The molecule has 13 heavy (non-hydrogen) atoms. The van der Waals surface area contributed by atoms with Gasteiger partial charge in [0.05, 0.1) is 0 Å². The van der Waals surface area contributed by atoms with Crippen LogP contribution in [0.2, 0.25) is 0 Å². The third-order valence-electron chi connectivity index (χ3n) is 3.79. The molecule has 1 fully saturated rings. The maximum Gasteiger partial charge on any atom is 0.0123 e. The molecule has 1 saturated carbocycles. The van der Waals surface area contributed by atoms with Crippen LogP contribution in [0.4, 0.5) is 0 Å². The summed E-state index contributed by atoms with van der Waals surface area (Å²) >= 11 is 0. The zero-order valence-corrected chi connectivity index (χ0v) is 8.87. The van der Waals surface area contributed by atoms with Crippen LogP contribution < -0.4 is 0 Å². The first kappa shape index (κ1) is 9.26. The summed E-state index contributed by atoms with van der Waals surface area (Å²) in [5.41, 5.74) is 0. The number of nitrogens with zero attached hydrogens (tertiary/aromatic N) is 1. The maximum atomic E-state index is 2.46. The average Bonchev–Trinajstić information content (AvgIpc) is 2.74. The van der Waals surface area contributed by atoms with Crippen LogP contribution in [0.3, 0.4) is 0 Å². The summed E-state index contributed by atoms with van der Waals surface area (Å²) < 4.78 is 0. The maximum absolute atomic E-state index is 2.46. The Hall–Kier alpha value is -0.300. The van der Waals surface area contributed by atoms with Gasteiger partial charge in [-0.15, -0.1) is 0 Å². The Balaban J connectivity index is 2.00. The van der Waals surface area contributed by atoms with E-state index in [0.29, 0.717) is 0 Å². The van der Waals surface area contributed by atoms with Gasteiger partial charge in [0, 0.05) is 6.04 Å². The van der Waals surface area contributed by atoms with Crippen molar-refractivity contribution in [3.05, 3.63) is 12.2 Å². The molecule has 0 bridgehead atoms.